The van der Waals surface area contributed by atoms with Gasteiger partial charge in [-0.15, -0.1) is 10.2 Å². The molecule has 0 radical (unpaired) electrons. The lowest BCUT2D eigenvalue weighted by molar-refractivity contribution is -0.134. The molecule has 150 valence electrons. The van der Waals surface area contributed by atoms with E-state index in [0.717, 1.165) is 5.56 Å². The number of nitrogen functional groups attached to an aromatic ring is 1. The summed E-state index contributed by atoms with van der Waals surface area (Å²) in [7, 11) is 0. The number of ether oxygens (including phenoxy) is 1. The van der Waals surface area contributed by atoms with Crippen molar-refractivity contribution in [3.8, 4) is 11.4 Å². The number of amides is 1. The van der Waals surface area contributed by atoms with Gasteiger partial charge < -0.3 is 15.5 Å². The van der Waals surface area contributed by atoms with Crippen LogP contribution in [0.25, 0.3) is 11.4 Å². The van der Waals surface area contributed by atoms with E-state index in [0.29, 0.717) is 42.8 Å². The molecule has 3 aromatic rings. The molecule has 1 unspecified atom stereocenters. The number of nitrogens with zero attached hydrogens (tertiary/aromatic N) is 4. The minimum Gasteiger partial charge on any atom is -0.378 e. The summed E-state index contributed by atoms with van der Waals surface area (Å²) in [6, 6.07) is 15.4. The van der Waals surface area contributed by atoms with Crippen molar-refractivity contribution in [2.75, 3.05) is 32.1 Å². The first-order chi connectivity index (χ1) is 14.1. The molecule has 4 rings (SSSR count). The molecule has 29 heavy (non-hydrogen) atoms. The maximum absolute atomic E-state index is 13.2. The van der Waals surface area contributed by atoms with E-state index in [-0.39, 0.29) is 11.7 Å². The lowest BCUT2D eigenvalue weighted by Crippen LogP contribution is -2.42. The lowest BCUT2D eigenvalue weighted by Gasteiger charge is -2.30. The van der Waals surface area contributed by atoms with Crippen LogP contribution in [0.1, 0.15) is 10.8 Å². The van der Waals surface area contributed by atoms with E-state index >= 15 is 0 Å². The van der Waals surface area contributed by atoms with Gasteiger partial charge in [-0.05, 0) is 29.8 Å². The Morgan fingerprint density at radius 2 is 1.76 bits per heavy atom. The molecule has 1 aliphatic rings. The first kappa shape index (κ1) is 19.4. The Balaban J connectivity index is 1.62. The molecule has 2 aromatic carbocycles. The van der Waals surface area contributed by atoms with Gasteiger partial charge in [-0.3, -0.25) is 4.79 Å². The van der Waals surface area contributed by atoms with Crippen LogP contribution in [0.15, 0.2) is 59.8 Å². The number of carbonyl (C=O) groups is 1. The largest absolute Gasteiger partial charge is 0.378 e. The van der Waals surface area contributed by atoms with Gasteiger partial charge in [0.2, 0.25) is 11.1 Å². The third-order valence-electron chi connectivity index (χ3n) is 4.64. The lowest BCUT2D eigenvalue weighted by atomic mass is 10.1. The molecule has 1 saturated heterocycles. The van der Waals surface area contributed by atoms with Gasteiger partial charge in [0.1, 0.15) is 11.1 Å². The Hall–Kier alpha value is -2.91. The fourth-order valence-corrected chi connectivity index (χ4v) is 4.14. The van der Waals surface area contributed by atoms with Gasteiger partial charge in [0, 0.05) is 18.7 Å². The van der Waals surface area contributed by atoms with Crippen LogP contribution in [-0.2, 0) is 9.53 Å². The molecule has 9 heteroatoms. The second-order valence-electron chi connectivity index (χ2n) is 6.53. The number of hydrogen-bond acceptors (Lipinski definition) is 6. The van der Waals surface area contributed by atoms with Crippen LogP contribution >= 0.6 is 11.8 Å². The van der Waals surface area contributed by atoms with E-state index in [1.54, 1.807) is 17.0 Å². The predicted octanol–water partition coefficient (Wildman–Crippen LogP) is 2.49. The number of hydrogen-bond donors (Lipinski definition) is 1. The van der Waals surface area contributed by atoms with Crippen LogP contribution in [-0.4, -0.2) is 52.0 Å². The minimum atomic E-state index is -0.512. The number of halogens is 1. The summed E-state index contributed by atoms with van der Waals surface area (Å²) < 4.78 is 19.9. The smallest absolute Gasteiger partial charge is 0.240 e. The molecule has 0 spiro atoms. The number of nitrogens with two attached hydrogens (primary N) is 1. The van der Waals surface area contributed by atoms with Gasteiger partial charge in [-0.25, -0.2) is 9.07 Å². The summed E-state index contributed by atoms with van der Waals surface area (Å²) in [6.07, 6.45) is 0. The van der Waals surface area contributed by atoms with Gasteiger partial charge in [0.15, 0.2) is 5.82 Å². The molecule has 2 heterocycles. The highest BCUT2D eigenvalue weighted by Gasteiger charge is 2.30. The van der Waals surface area contributed by atoms with Gasteiger partial charge in [0.05, 0.1) is 13.2 Å². The Morgan fingerprint density at radius 3 is 2.45 bits per heavy atom. The van der Waals surface area contributed by atoms with Gasteiger partial charge >= 0.3 is 0 Å². The molecule has 0 saturated carbocycles. The van der Waals surface area contributed by atoms with Gasteiger partial charge in [0.25, 0.3) is 0 Å². The van der Waals surface area contributed by atoms with E-state index in [9.17, 15) is 9.18 Å². The van der Waals surface area contributed by atoms with Crippen molar-refractivity contribution >= 4 is 17.7 Å². The number of aromatic nitrogens is 3. The van der Waals surface area contributed by atoms with Crippen LogP contribution in [0.2, 0.25) is 0 Å². The molecule has 1 aliphatic heterocycles. The van der Waals surface area contributed by atoms with Crippen molar-refractivity contribution < 1.29 is 13.9 Å². The molecule has 0 aliphatic carbocycles. The Bertz CT molecular complexity index is 974. The third kappa shape index (κ3) is 4.25. The third-order valence-corrected chi connectivity index (χ3v) is 5.84. The number of carbonyl (C=O) groups excluding carboxylic acids is 1. The van der Waals surface area contributed by atoms with Crippen molar-refractivity contribution in [2.24, 2.45) is 0 Å². The summed E-state index contributed by atoms with van der Waals surface area (Å²) >= 11 is 1.25. The molecule has 1 fully saturated rings. The van der Waals surface area contributed by atoms with Crippen LogP contribution < -0.4 is 5.84 Å². The topological polar surface area (TPSA) is 86.3 Å². The van der Waals surface area contributed by atoms with Gasteiger partial charge in [-0.1, -0.05) is 42.1 Å². The predicted molar refractivity (Wildman–Crippen MR) is 108 cm³/mol. The molecule has 2 N–H and O–H groups in total. The first-order valence-corrected chi connectivity index (χ1v) is 10.1. The highest BCUT2D eigenvalue weighted by molar-refractivity contribution is 8.00. The Morgan fingerprint density at radius 1 is 1.07 bits per heavy atom. The molecule has 7 nitrogen and oxygen atoms in total. The first-order valence-electron chi connectivity index (χ1n) is 9.18. The maximum Gasteiger partial charge on any atom is 0.240 e. The summed E-state index contributed by atoms with van der Waals surface area (Å²) in [5.41, 5.74) is 1.50. The fraction of sp³-hybridized carbons (Fsp3) is 0.250. The molecule has 1 aromatic heterocycles. The van der Waals surface area contributed by atoms with Crippen LogP contribution in [0.3, 0.4) is 0 Å². The van der Waals surface area contributed by atoms with Crippen molar-refractivity contribution in [1.29, 1.82) is 0 Å². The summed E-state index contributed by atoms with van der Waals surface area (Å²) in [6.45, 7) is 2.16. The quantitative estimate of drug-likeness (QED) is 0.511. The standard InChI is InChI=1S/C20H20FN5O2S/c21-16-8-6-15(7-9-16)18-23-24-20(26(18)22)29-17(14-4-2-1-3-5-14)19(27)25-10-12-28-13-11-25/h1-9,17H,10-13,22H2. The number of benzene rings is 2. The average molecular weight is 413 g/mol. The number of morpholine rings is 1. The normalized spacial score (nSPS) is 15.3. The zero-order valence-electron chi connectivity index (χ0n) is 15.6. The molecular formula is C20H20FN5O2S. The second kappa shape index (κ2) is 8.62. The fourth-order valence-electron chi connectivity index (χ4n) is 3.10. The summed E-state index contributed by atoms with van der Waals surface area (Å²) in [4.78, 5) is 15.0. The highest BCUT2D eigenvalue weighted by atomic mass is 32.2. The summed E-state index contributed by atoms with van der Waals surface area (Å²) in [5, 5.41) is 8.19. The van der Waals surface area contributed by atoms with Crippen molar-refractivity contribution in [3.05, 3.63) is 66.0 Å². The highest BCUT2D eigenvalue weighted by Crippen LogP contribution is 2.36. The monoisotopic (exact) mass is 413 g/mol. The van der Waals surface area contributed by atoms with E-state index in [2.05, 4.69) is 10.2 Å². The van der Waals surface area contributed by atoms with E-state index in [4.69, 9.17) is 10.6 Å². The van der Waals surface area contributed by atoms with Gasteiger partial charge in [-0.2, -0.15) is 0 Å². The molecule has 1 amide bonds. The van der Waals surface area contributed by atoms with Crippen molar-refractivity contribution in [2.45, 2.75) is 10.4 Å². The van der Waals surface area contributed by atoms with E-state index in [1.807, 2.05) is 30.3 Å². The zero-order valence-corrected chi connectivity index (χ0v) is 16.4. The molecule has 0 bridgehead atoms. The summed E-state index contributed by atoms with van der Waals surface area (Å²) in [5.74, 6) is 6.25. The molecule has 1 atom stereocenters. The maximum atomic E-state index is 13.2. The van der Waals surface area contributed by atoms with Crippen molar-refractivity contribution in [3.63, 3.8) is 0 Å². The Kier molecular flexibility index (Phi) is 5.77. The molecular weight excluding hydrogens is 393 g/mol. The SMILES string of the molecule is Nn1c(SC(C(=O)N2CCOCC2)c2ccccc2)nnc1-c1ccc(F)cc1. The van der Waals surface area contributed by atoms with E-state index in [1.165, 1.54) is 28.6 Å². The number of thioether (sulfide) groups is 1. The number of rotatable bonds is 5. The average Bonchev–Trinajstić information content (AvgIpc) is 3.13. The van der Waals surface area contributed by atoms with Crippen molar-refractivity contribution in [1.82, 2.24) is 19.8 Å². The Labute approximate surface area is 171 Å². The zero-order chi connectivity index (χ0) is 20.2. The van der Waals surface area contributed by atoms with Crippen LogP contribution in [0.4, 0.5) is 4.39 Å². The second-order valence-corrected chi connectivity index (χ2v) is 7.60. The van der Waals surface area contributed by atoms with Crippen LogP contribution in [0, 0.1) is 5.82 Å². The minimum absolute atomic E-state index is 0.0177. The van der Waals surface area contributed by atoms with Crippen LogP contribution in [0.5, 0.6) is 0 Å². The van der Waals surface area contributed by atoms with E-state index < -0.39 is 5.25 Å².